The molecule has 0 aromatic carbocycles. The van der Waals surface area contributed by atoms with Gasteiger partial charge in [0.15, 0.2) is 14.8 Å². The van der Waals surface area contributed by atoms with Gasteiger partial charge in [-0.2, -0.15) is 0 Å². The largest absolute Gasteiger partial charge is 0.366 e. The highest BCUT2D eigenvalue weighted by atomic mass is 32.2. The Hall–Kier alpha value is -1.52. The standard InChI is InChI=1S/C11H13N3O4S3/c1-3-9-13-7(6-19-9)5-12-11-8(14(15)16)4-10(20-11)21(2,17)18/h4,6,12H,3,5H2,1-2H3. The topological polar surface area (TPSA) is 102 Å². The molecule has 0 saturated carbocycles. The molecule has 0 spiro atoms. The van der Waals surface area contributed by atoms with Crippen molar-refractivity contribution in [3.8, 4) is 0 Å². The van der Waals surface area contributed by atoms with Gasteiger partial charge in [0.2, 0.25) is 0 Å². The molecule has 10 heteroatoms. The number of sulfone groups is 1. The third kappa shape index (κ3) is 3.77. The molecule has 21 heavy (non-hydrogen) atoms. The number of anilines is 1. The summed E-state index contributed by atoms with van der Waals surface area (Å²) in [6.45, 7) is 2.32. The molecule has 2 heterocycles. The van der Waals surface area contributed by atoms with Crippen LogP contribution in [0.3, 0.4) is 0 Å². The van der Waals surface area contributed by atoms with Gasteiger partial charge in [-0.05, 0) is 6.42 Å². The van der Waals surface area contributed by atoms with Crippen LogP contribution in [0.1, 0.15) is 17.6 Å². The highest BCUT2D eigenvalue weighted by Gasteiger charge is 2.23. The van der Waals surface area contributed by atoms with Gasteiger partial charge in [-0.15, -0.1) is 11.3 Å². The van der Waals surface area contributed by atoms with Crippen LogP contribution in [0.5, 0.6) is 0 Å². The fraction of sp³-hybridized carbons (Fsp3) is 0.364. The second-order valence-corrected chi connectivity index (χ2v) is 8.49. The zero-order valence-electron chi connectivity index (χ0n) is 11.3. The normalized spacial score (nSPS) is 11.5. The van der Waals surface area contributed by atoms with Crippen molar-refractivity contribution in [2.75, 3.05) is 11.6 Å². The molecule has 0 radical (unpaired) electrons. The van der Waals surface area contributed by atoms with Crippen molar-refractivity contribution >= 4 is 43.2 Å². The van der Waals surface area contributed by atoms with Gasteiger partial charge in [0.25, 0.3) is 0 Å². The van der Waals surface area contributed by atoms with E-state index >= 15 is 0 Å². The van der Waals surface area contributed by atoms with E-state index in [1.165, 1.54) is 11.3 Å². The van der Waals surface area contributed by atoms with Gasteiger partial charge in [0, 0.05) is 17.7 Å². The Morgan fingerprint density at radius 2 is 2.19 bits per heavy atom. The van der Waals surface area contributed by atoms with Gasteiger partial charge in [0.1, 0.15) is 4.21 Å². The van der Waals surface area contributed by atoms with Crippen molar-refractivity contribution in [1.29, 1.82) is 0 Å². The number of aryl methyl sites for hydroxylation is 1. The predicted molar refractivity (Wildman–Crippen MR) is 82.9 cm³/mol. The van der Waals surface area contributed by atoms with Crippen LogP contribution in [0.25, 0.3) is 0 Å². The quantitative estimate of drug-likeness (QED) is 0.636. The van der Waals surface area contributed by atoms with Gasteiger partial charge >= 0.3 is 5.69 Å². The Morgan fingerprint density at radius 3 is 2.71 bits per heavy atom. The minimum absolute atomic E-state index is 0.0239. The first-order valence-electron chi connectivity index (χ1n) is 5.96. The van der Waals surface area contributed by atoms with Gasteiger partial charge in [-0.25, -0.2) is 13.4 Å². The number of nitrogens with one attached hydrogen (secondary N) is 1. The Bertz CT molecular complexity index is 764. The number of nitro groups is 1. The Balaban J connectivity index is 2.22. The average molecular weight is 347 g/mol. The molecular formula is C11H13N3O4S3. The van der Waals surface area contributed by atoms with Crippen LogP contribution in [0.2, 0.25) is 0 Å². The SMILES string of the molecule is CCc1nc(CNc2sc(S(C)(=O)=O)cc2[N+](=O)[O-])cs1. The number of hydrogen-bond acceptors (Lipinski definition) is 8. The summed E-state index contributed by atoms with van der Waals surface area (Å²) in [4.78, 5) is 14.7. The van der Waals surface area contributed by atoms with Crippen molar-refractivity contribution in [2.24, 2.45) is 0 Å². The lowest BCUT2D eigenvalue weighted by molar-refractivity contribution is -0.383. The lowest BCUT2D eigenvalue weighted by Gasteiger charge is -2.00. The second-order valence-electron chi connectivity index (χ2n) is 4.25. The molecule has 114 valence electrons. The zero-order chi connectivity index (χ0) is 15.6. The van der Waals surface area contributed by atoms with E-state index in [1.54, 1.807) is 0 Å². The van der Waals surface area contributed by atoms with Crippen LogP contribution in [0.15, 0.2) is 15.7 Å². The van der Waals surface area contributed by atoms with Crippen LogP contribution in [0, 0.1) is 10.1 Å². The molecule has 7 nitrogen and oxygen atoms in total. The maximum absolute atomic E-state index is 11.5. The summed E-state index contributed by atoms with van der Waals surface area (Å²) in [7, 11) is -3.46. The molecule has 0 amide bonds. The molecular weight excluding hydrogens is 334 g/mol. The van der Waals surface area contributed by atoms with Gasteiger partial charge in [-0.1, -0.05) is 18.3 Å². The van der Waals surface area contributed by atoms with Crippen LogP contribution >= 0.6 is 22.7 Å². The summed E-state index contributed by atoms with van der Waals surface area (Å²) in [5, 5.41) is 17.0. The molecule has 0 saturated heterocycles. The van der Waals surface area contributed by atoms with Crippen molar-refractivity contribution in [3.05, 3.63) is 32.3 Å². The average Bonchev–Trinajstić information content (AvgIpc) is 3.02. The molecule has 2 aromatic rings. The van der Waals surface area contributed by atoms with Crippen LogP contribution < -0.4 is 5.32 Å². The minimum Gasteiger partial charge on any atom is -0.366 e. The fourth-order valence-corrected chi connectivity index (χ4v) is 4.25. The number of aromatic nitrogens is 1. The molecule has 1 N–H and O–H groups in total. The molecule has 0 fully saturated rings. The molecule has 2 rings (SSSR count). The lowest BCUT2D eigenvalue weighted by Crippen LogP contribution is -2.00. The number of rotatable bonds is 6. The van der Waals surface area contributed by atoms with Crippen molar-refractivity contribution in [2.45, 2.75) is 24.1 Å². The predicted octanol–water partition coefficient (Wildman–Crippen LogP) is 2.69. The van der Waals surface area contributed by atoms with Crippen molar-refractivity contribution < 1.29 is 13.3 Å². The Labute approximate surface area is 129 Å². The smallest absolute Gasteiger partial charge is 0.304 e. The monoisotopic (exact) mass is 347 g/mol. The van der Waals surface area contributed by atoms with E-state index in [4.69, 9.17) is 0 Å². The third-order valence-electron chi connectivity index (χ3n) is 2.58. The van der Waals surface area contributed by atoms with Crippen LogP contribution in [0.4, 0.5) is 10.7 Å². The van der Waals surface area contributed by atoms with Gasteiger partial charge < -0.3 is 5.32 Å². The number of hydrogen-bond donors (Lipinski definition) is 1. The van der Waals surface area contributed by atoms with E-state index < -0.39 is 14.8 Å². The first-order chi connectivity index (χ1) is 9.81. The molecule has 2 aromatic heterocycles. The highest BCUT2D eigenvalue weighted by molar-refractivity contribution is 7.92. The van der Waals surface area contributed by atoms with E-state index in [2.05, 4.69) is 10.3 Å². The van der Waals surface area contributed by atoms with E-state index in [0.29, 0.717) is 6.54 Å². The van der Waals surface area contributed by atoms with E-state index in [-0.39, 0.29) is 14.9 Å². The third-order valence-corrected chi connectivity index (χ3v) is 6.51. The lowest BCUT2D eigenvalue weighted by atomic mass is 10.4. The molecule has 0 aliphatic rings. The fourth-order valence-electron chi connectivity index (χ4n) is 1.57. The summed E-state index contributed by atoms with van der Waals surface area (Å²) < 4.78 is 22.9. The molecule has 0 aliphatic heterocycles. The Kier molecular flexibility index (Phi) is 4.59. The first-order valence-corrected chi connectivity index (χ1v) is 9.55. The number of thiazole rings is 1. The van der Waals surface area contributed by atoms with Crippen LogP contribution in [-0.2, 0) is 22.8 Å². The molecule has 0 bridgehead atoms. The Morgan fingerprint density at radius 1 is 1.48 bits per heavy atom. The van der Waals surface area contributed by atoms with Gasteiger partial charge in [-0.3, -0.25) is 10.1 Å². The summed E-state index contributed by atoms with van der Waals surface area (Å²) in [6, 6.07) is 1.08. The molecule has 0 atom stereocenters. The van der Waals surface area contributed by atoms with E-state index in [0.717, 1.165) is 40.8 Å². The summed E-state index contributed by atoms with van der Waals surface area (Å²) >= 11 is 2.39. The second kappa shape index (κ2) is 6.08. The molecule has 0 aliphatic carbocycles. The zero-order valence-corrected chi connectivity index (χ0v) is 13.8. The van der Waals surface area contributed by atoms with Crippen molar-refractivity contribution in [3.63, 3.8) is 0 Å². The van der Waals surface area contributed by atoms with E-state index in [9.17, 15) is 18.5 Å². The number of nitrogens with zero attached hydrogens (tertiary/aromatic N) is 2. The first kappa shape index (κ1) is 15.9. The maximum Gasteiger partial charge on any atom is 0.304 e. The minimum atomic E-state index is -3.46. The van der Waals surface area contributed by atoms with Gasteiger partial charge in [0.05, 0.1) is 22.2 Å². The van der Waals surface area contributed by atoms with Crippen molar-refractivity contribution in [1.82, 2.24) is 4.98 Å². The highest BCUT2D eigenvalue weighted by Crippen LogP contribution is 2.37. The van der Waals surface area contributed by atoms with E-state index in [1.807, 2.05) is 12.3 Å². The van der Waals surface area contributed by atoms with Crippen LogP contribution in [-0.4, -0.2) is 24.6 Å². The summed E-state index contributed by atoms with van der Waals surface area (Å²) in [6.07, 6.45) is 1.86. The summed E-state index contributed by atoms with van der Waals surface area (Å²) in [5.41, 5.74) is 0.548. The summed E-state index contributed by atoms with van der Waals surface area (Å²) in [5.74, 6) is 0. The maximum atomic E-state index is 11.5. The molecule has 0 unspecified atom stereocenters. The number of thiophene rings is 1.